The van der Waals surface area contributed by atoms with Gasteiger partial charge in [0.2, 0.25) is 0 Å². The Morgan fingerprint density at radius 2 is 2.04 bits per heavy atom. The summed E-state index contributed by atoms with van der Waals surface area (Å²) < 4.78 is 43.1. The zero-order chi connectivity index (χ0) is 16.4. The number of amides is 1. The van der Waals surface area contributed by atoms with Crippen LogP contribution in [0.2, 0.25) is 0 Å². The molecule has 0 spiro atoms. The van der Waals surface area contributed by atoms with Crippen LogP contribution >= 0.6 is 0 Å². The van der Waals surface area contributed by atoms with E-state index < -0.39 is 18.0 Å². The van der Waals surface area contributed by atoms with E-state index in [4.69, 9.17) is 4.74 Å². The zero-order valence-electron chi connectivity index (χ0n) is 11.9. The standard InChI is InChI=1S/C15H12F3N3O2/c16-15(17,18)13-6-11(1-2-20-13)12-5-10(7-19-8-12)9-21-3-4-23-14(21)22/h1-2,5-8H,3-4,9H2. The monoisotopic (exact) mass is 323 g/mol. The van der Waals surface area contributed by atoms with Crippen LogP contribution in [0.5, 0.6) is 0 Å². The average molecular weight is 323 g/mol. The molecule has 3 rings (SSSR count). The van der Waals surface area contributed by atoms with Crippen LogP contribution in [0, 0.1) is 0 Å². The number of hydrogen-bond acceptors (Lipinski definition) is 4. The molecule has 23 heavy (non-hydrogen) atoms. The summed E-state index contributed by atoms with van der Waals surface area (Å²) in [6, 6.07) is 4.17. The van der Waals surface area contributed by atoms with Crippen LogP contribution in [-0.4, -0.2) is 34.1 Å². The van der Waals surface area contributed by atoms with E-state index >= 15 is 0 Å². The Balaban J connectivity index is 1.86. The molecule has 3 heterocycles. The molecule has 1 saturated heterocycles. The number of aromatic nitrogens is 2. The maximum atomic E-state index is 12.7. The molecule has 0 aromatic carbocycles. The first-order valence-corrected chi connectivity index (χ1v) is 6.83. The van der Waals surface area contributed by atoms with E-state index in [0.717, 1.165) is 12.3 Å². The van der Waals surface area contributed by atoms with Crippen molar-refractivity contribution in [2.75, 3.05) is 13.2 Å². The summed E-state index contributed by atoms with van der Waals surface area (Å²) in [6.07, 6.45) is -0.746. The van der Waals surface area contributed by atoms with Crippen molar-refractivity contribution in [2.45, 2.75) is 12.7 Å². The highest BCUT2D eigenvalue weighted by Crippen LogP contribution is 2.30. The molecule has 0 aliphatic carbocycles. The van der Waals surface area contributed by atoms with Crippen molar-refractivity contribution < 1.29 is 22.7 Å². The van der Waals surface area contributed by atoms with Crippen LogP contribution in [-0.2, 0) is 17.5 Å². The maximum absolute atomic E-state index is 12.7. The topological polar surface area (TPSA) is 55.3 Å². The van der Waals surface area contributed by atoms with Crippen molar-refractivity contribution in [3.8, 4) is 11.1 Å². The number of halogens is 3. The molecule has 0 radical (unpaired) electrons. The van der Waals surface area contributed by atoms with E-state index in [9.17, 15) is 18.0 Å². The number of cyclic esters (lactones) is 1. The first kappa shape index (κ1) is 15.3. The number of carbonyl (C=O) groups excluding carboxylic acids is 1. The highest BCUT2D eigenvalue weighted by atomic mass is 19.4. The minimum atomic E-state index is -4.50. The zero-order valence-corrected chi connectivity index (χ0v) is 11.9. The summed E-state index contributed by atoms with van der Waals surface area (Å²) in [6.45, 7) is 1.12. The van der Waals surface area contributed by atoms with Crippen LogP contribution in [0.1, 0.15) is 11.3 Å². The van der Waals surface area contributed by atoms with Gasteiger partial charge in [0.25, 0.3) is 0 Å². The lowest BCUT2D eigenvalue weighted by Crippen LogP contribution is -2.23. The Labute approximate surface area is 129 Å². The predicted octanol–water partition coefficient (Wildman–Crippen LogP) is 3.11. The summed E-state index contributed by atoms with van der Waals surface area (Å²) in [5.74, 6) is 0. The van der Waals surface area contributed by atoms with Crippen molar-refractivity contribution in [1.29, 1.82) is 0 Å². The molecule has 0 unspecified atom stereocenters. The Hall–Kier alpha value is -2.64. The minimum absolute atomic E-state index is 0.302. The molecule has 1 aliphatic rings. The summed E-state index contributed by atoms with van der Waals surface area (Å²) in [5, 5.41) is 0. The molecule has 0 atom stereocenters. The van der Waals surface area contributed by atoms with Crippen LogP contribution in [0.25, 0.3) is 11.1 Å². The lowest BCUT2D eigenvalue weighted by atomic mass is 10.1. The Morgan fingerprint density at radius 3 is 2.74 bits per heavy atom. The minimum Gasteiger partial charge on any atom is -0.448 e. The number of hydrogen-bond donors (Lipinski definition) is 0. The molecule has 0 bridgehead atoms. The van der Waals surface area contributed by atoms with Gasteiger partial charge in [-0.1, -0.05) is 0 Å². The average Bonchev–Trinajstić information content (AvgIpc) is 2.92. The third-order valence-electron chi connectivity index (χ3n) is 3.40. The first-order chi connectivity index (χ1) is 10.9. The fraction of sp³-hybridized carbons (Fsp3) is 0.267. The summed E-state index contributed by atoms with van der Waals surface area (Å²) in [7, 11) is 0. The molecule has 5 nitrogen and oxygen atoms in total. The van der Waals surface area contributed by atoms with Crippen molar-refractivity contribution in [2.24, 2.45) is 0 Å². The van der Waals surface area contributed by atoms with Crippen LogP contribution in [0.3, 0.4) is 0 Å². The highest BCUT2D eigenvalue weighted by molar-refractivity contribution is 5.69. The number of ether oxygens (including phenoxy) is 1. The second-order valence-corrected chi connectivity index (χ2v) is 5.05. The fourth-order valence-electron chi connectivity index (χ4n) is 2.29. The number of alkyl halides is 3. The highest BCUT2D eigenvalue weighted by Gasteiger charge is 2.32. The molecule has 120 valence electrons. The molecule has 2 aromatic heterocycles. The Morgan fingerprint density at radius 1 is 1.22 bits per heavy atom. The van der Waals surface area contributed by atoms with E-state index in [0.29, 0.717) is 36.4 Å². The van der Waals surface area contributed by atoms with Gasteiger partial charge in [-0.25, -0.2) is 4.79 Å². The summed E-state index contributed by atoms with van der Waals surface area (Å²) in [4.78, 5) is 20.3. The quantitative estimate of drug-likeness (QED) is 0.871. The van der Waals surface area contributed by atoms with E-state index in [1.807, 2.05) is 0 Å². The van der Waals surface area contributed by atoms with Gasteiger partial charge in [0, 0.05) is 24.2 Å². The Kier molecular flexibility index (Phi) is 3.89. The molecular formula is C15H12F3N3O2. The van der Waals surface area contributed by atoms with Crippen molar-refractivity contribution in [3.63, 3.8) is 0 Å². The van der Waals surface area contributed by atoms with Gasteiger partial charge in [-0.3, -0.25) is 9.97 Å². The van der Waals surface area contributed by atoms with Gasteiger partial charge >= 0.3 is 12.3 Å². The molecule has 2 aromatic rings. The van der Waals surface area contributed by atoms with Crippen LogP contribution in [0.15, 0.2) is 36.8 Å². The molecular weight excluding hydrogens is 311 g/mol. The number of nitrogens with zero attached hydrogens (tertiary/aromatic N) is 3. The largest absolute Gasteiger partial charge is 0.448 e. The van der Waals surface area contributed by atoms with Gasteiger partial charge in [-0.15, -0.1) is 0 Å². The molecule has 0 N–H and O–H groups in total. The van der Waals surface area contributed by atoms with E-state index in [1.165, 1.54) is 17.2 Å². The molecule has 0 saturated carbocycles. The van der Waals surface area contributed by atoms with Crippen molar-refractivity contribution >= 4 is 6.09 Å². The number of carbonyl (C=O) groups is 1. The van der Waals surface area contributed by atoms with E-state index in [1.54, 1.807) is 12.3 Å². The summed E-state index contributed by atoms with van der Waals surface area (Å²) in [5.41, 5.74) is 0.656. The lowest BCUT2D eigenvalue weighted by Gasteiger charge is -2.13. The molecule has 1 fully saturated rings. The van der Waals surface area contributed by atoms with Gasteiger partial charge in [0.1, 0.15) is 12.3 Å². The second-order valence-electron chi connectivity index (χ2n) is 5.05. The number of pyridine rings is 2. The van der Waals surface area contributed by atoms with Gasteiger partial charge in [0.05, 0.1) is 13.1 Å². The molecule has 1 amide bonds. The Bertz CT molecular complexity index is 734. The van der Waals surface area contributed by atoms with Crippen LogP contribution < -0.4 is 0 Å². The normalized spacial score (nSPS) is 14.9. The third kappa shape index (κ3) is 3.41. The maximum Gasteiger partial charge on any atom is 0.433 e. The SMILES string of the molecule is O=C1OCCN1Cc1cncc(-c2ccnc(C(F)(F)F)c2)c1. The van der Waals surface area contributed by atoms with Crippen LogP contribution in [0.4, 0.5) is 18.0 Å². The fourth-order valence-corrected chi connectivity index (χ4v) is 2.29. The number of rotatable bonds is 3. The molecule has 8 heteroatoms. The smallest absolute Gasteiger partial charge is 0.433 e. The van der Waals surface area contributed by atoms with Crippen molar-refractivity contribution in [3.05, 3.63) is 48.0 Å². The molecule has 1 aliphatic heterocycles. The van der Waals surface area contributed by atoms with E-state index in [-0.39, 0.29) is 0 Å². The first-order valence-electron chi connectivity index (χ1n) is 6.83. The van der Waals surface area contributed by atoms with Gasteiger partial charge in [-0.05, 0) is 29.3 Å². The van der Waals surface area contributed by atoms with Gasteiger partial charge in [0.15, 0.2) is 0 Å². The second kappa shape index (κ2) is 5.86. The predicted molar refractivity (Wildman–Crippen MR) is 74.2 cm³/mol. The summed E-state index contributed by atoms with van der Waals surface area (Å²) >= 11 is 0. The van der Waals surface area contributed by atoms with Gasteiger partial charge in [-0.2, -0.15) is 13.2 Å². The van der Waals surface area contributed by atoms with Crippen molar-refractivity contribution in [1.82, 2.24) is 14.9 Å². The van der Waals surface area contributed by atoms with E-state index in [2.05, 4.69) is 9.97 Å². The lowest BCUT2D eigenvalue weighted by molar-refractivity contribution is -0.141. The third-order valence-corrected chi connectivity index (χ3v) is 3.40. The van der Waals surface area contributed by atoms with Gasteiger partial charge < -0.3 is 9.64 Å².